The lowest BCUT2D eigenvalue weighted by atomic mass is 9.95. The minimum absolute atomic E-state index is 0.634. The molecule has 0 spiro atoms. The average Bonchev–Trinajstić information content (AvgIpc) is 2.47. The first-order chi connectivity index (χ1) is 9.65. The van der Waals surface area contributed by atoms with E-state index in [-0.39, 0.29) is 0 Å². The number of hydrogen-bond acceptors (Lipinski definition) is 4. The first-order valence-corrected chi connectivity index (χ1v) is 8.69. The van der Waals surface area contributed by atoms with Crippen molar-refractivity contribution in [3.63, 3.8) is 0 Å². The number of aryl methyl sites for hydroxylation is 1. The summed E-state index contributed by atoms with van der Waals surface area (Å²) in [5, 5.41) is 4.50. The second-order valence-electron chi connectivity index (χ2n) is 5.65. The van der Waals surface area contributed by atoms with E-state index in [4.69, 9.17) is 4.74 Å². The van der Waals surface area contributed by atoms with Crippen LogP contribution in [0.1, 0.15) is 42.5 Å². The van der Waals surface area contributed by atoms with Crippen LogP contribution < -0.4 is 10.1 Å². The van der Waals surface area contributed by atoms with Crippen molar-refractivity contribution in [1.82, 2.24) is 10.3 Å². The van der Waals surface area contributed by atoms with Gasteiger partial charge in [0.25, 0.3) is 0 Å². The van der Waals surface area contributed by atoms with E-state index in [1.54, 1.807) is 7.11 Å². The third-order valence-electron chi connectivity index (χ3n) is 4.27. The van der Waals surface area contributed by atoms with Gasteiger partial charge in [-0.3, -0.25) is 4.98 Å². The second-order valence-corrected chi connectivity index (χ2v) is 6.79. The highest BCUT2D eigenvalue weighted by Crippen LogP contribution is 2.28. The number of rotatable bonds is 5. The Kier molecular flexibility index (Phi) is 5.73. The number of methoxy groups -OCH3 is 1. The Hall–Kier alpha value is -0.740. The lowest BCUT2D eigenvalue weighted by molar-refractivity contribution is 0.376. The summed E-state index contributed by atoms with van der Waals surface area (Å²) in [5.74, 6) is 0.974. The average molecular weight is 294 g/mol. The van der Waals surface area contributed by atoms with Crippen LogP contribution in [0.3, 0.4) is 0 Å². The molecule has 1 N–H and O–H groups in total. The molecule has 4 heteroatoms. The Bertz CT molecular complexity index is 450. The molecule has 0 aliphatic heterocycles. The maximum absolute atomic E-state index is 5.47. The van der Waals surface area contributed by atoms with Crippen LogP contribution in [0, 0.1) is 13.8 Å². The summed E-state index contributed by atoms with van der Waals surface area (Å²) in [5.41, 5.74) is 3.38. The largest absolute Gasteiger partial charge is 0.496 e. The zero-order valence-electron chi connectivity index (χ0n) is 13.0. The number of pyridine rings is 1. The topological polar surface area (TPSA) is 34.1 Å². The van der Waals surface area contributed by atoms with Gasteiger partial charge in [0.05, 0.1) is 12.8 Å². The Morgan fingerprint density at radius 1 is 1.40 bits per heavy atom. The Morgan fingerprint density at radius 2 is 2.20 bits per heavy atom. The maximum atomic E-state index is 5.47. The molecule has 1 saturated carbocycles. The summed E-state index contributed by atoms with van der Waals surface area (Å²) in [7, 11) is 1.73. The van der Waals surface area contributed by atoms with Crippen LogP contribution in [0.5, 0.6) is 5.75 Å². The van der Waals surface area contributed by atoms with Gasteiger partial charge in [-0.2, -0.15) is 11.8 Å². The normalized spacial score (nSPS) is 22.8. The predicted octanol–water partition coefficient (Wildman–Crippen LogP) is 3.47. The van der Waals surface area contributed by atoms with Gasteiger partial charge in [-0.1, -0.05) is 6.42 Å². The molecule has 0 saturated heterocycles. The van der Waals surface area contributed by atoms with Crippen molar-refractivity contribution in [3.05, 3.63) is 23.0 Å². The lowest BCUT2D eigenvalue weighted by Crippen LogP contribution is -2.35. The first-order valence-electron chi connectivity index (χ1n) is 7.41. The molecule has 0 radical (unpaired) electrons. The van der Waals surface area contributed by atoms with Gasteiger partial charge >= 0.3 is 0 Å². The smallest absolute Gasteiger partial charge is 0.128 e. The number of aromatic nitrogens is 1. The highest BCUT2D eigenvalue weighted by molar-refractivity contribution is 7.99. The maximum Gasteiger partial charge on any atom is 0.128 e. The number of nitrogens with zero attached hydrogens (tertiary/aromatic N) is 1. The van der Waals surface area contributed by atoms with E-state index in [1.807, 2.05) is 24.9 Å². The number of thioether (sulfide) groups is 1. The van der Waals surface area contributed by atoms with Crippen LogP contribution in [0.4, 0.5) is 0 Å². The standard InChI is InChI=1S/C16H26N2OS/c1-11-9-18-15(12(2)16(11)19-3)10-17-13-6-5-7-14(8-13)20-4/h9,13-14,17H,5-8,10H2,1-4H3. The van der Waals surface area contributed by atoms with Gasteiger partial charge in [0, 0.05) is 35.2 Å². The third kappa shape index (κ3) is 3.67. The zero-order chi connectivity index (χ0) is 14.5. The lowest BCUT2D eigenvalue weighted by Gasteiger charge is -2.29. The van der Waals surface area contributed by atoms with Crippen molar-refractivity contribution >= 4 is 11.8 Å². The van der Waals surface area contributed by atoms with Crippen molar-refractivity contribution < 1.29 is 4.74 Å². The first kappa shape index (κ1) is 15.6. The summed E-state index contributed by atoms with van der Waals surface area (Å²) < 4.78 is 5.47. The highest BCUT2D eigenvalue weighted by atomic mass is 32.2. The Balaban J connectivity index is 1.97. The van der Waals surface area contributed by atoms with Crippen molar-refractivity contribution in [2.75, 3.05) is 13.4 Å². The van der Waals surface area contributed by atoms with Gasteiger partial charge in [0.1, 0.15) is 5.75 Å². The molecule has 20 heavy (non-hydrogen) atoms. The molecule has 1 aliphatic rings. The fraction of sp³-hybridized carbons (Fsp3) is 0.688. The van der Waals surface area contributed by atoms with Crippen LogP contribution in [0.2, 0.25) is 0 Å². The fourth-order valence-corrected chi connectivity index (χ4v) is 3.86. The molecule has 1 fully saturated rings. The number of nitrogens with one attached hydrogen (secondary N) is 1. The molecule has 2 rings (SSSR count). The minimum Gasteiger partial charge on any atom is -0.496 e. The molecule has 112 valence electrons. The fourth-order valence-electron chi connectivity index (χ4n) is 3.03. The van der Waals surface area contributed by atoms with Crippen molar-refractivity contribution in [2.45, 2.75) is 57.4 Å². The molecule has 1 aromatic heterocycles. The molecular weight excluding hydrogens is 268 g/mol. The minimum atomic E-state index is 0.634. The Morgan fingerprint density at radius 3 is 2.90 bits per heavy atom. The van der Waals surface area contributed by atoms with E-state index in [0.29, 0.717) is 6.04 Å². The quantitative estimate of drug-likeness (QED) is 0.901. The van der Waals surface area contributed by atoms with E-state index >= 15 is 0 Å². The van der Waals surface area contributed by atoms with E-state index in [2.05, 4.69) is 23.5 Å². The van der Waals surface area contributed by atoms with Crippen LogP contribution >= 0.6 is 11.8 Å². The molecular formula is C16H26N2OS. The van der Waals surface area contributed by atoms with E-state index in [0.717, 1.165) is 34.4 Å². The summed E-state index contributed by atoms with van der Waals surface area (Å²) >= 11 is 2.01. The summed E-state index contributed by atoms with van der Waals surface area (Å²) in [6.07, 6.45) is 9.42. The Labute approximate surface area is 126 Å². The van der Waals surface area contributed by atoms with Gasteiger partial charge < -0.3 is 10.1 Å². The number of ether oxygens (including phenoxy) is 1. The van der Waals surface area contributed by atoms with Crippen molar-refractivity contribution in [1.29, 1.82) is 0 Å². The van der Waals surface area contributed by atoms with Crippen LogP contribution in [0.15, 0.2) is 6.20 Å². The zero-order valence-corrected chi connectivity index (χ0v) is 13.8. The molecule has 0 aromatic carbocycles. The second kappa shape index (κ2) is 7.32. The van der Waals surface area contributed by atoms with Gasteiger partial charge in [0.2, 0.25) is 0 Å². The summed E-state index contributed by atoms with van der Waals surface area (Å²) in [6, 6.07) is 0.634. The molecule has 1 heterocycles. The molecule has 0 bridgehead atoms. The van der Waals surface area contributed by atoms with Gasteiger partial charge in [0.15, 0.2) is 0 Å². The molecule has 2 unspecified atom stereocenters. The molecule has 3 nitrogen and oxygen atoms in total. The van der Waals surface area contributed by atoms with Crippen LogP contribution in [-0.4, -0.2) is 29.6 Å². The van der Waals surface area contributed by atoms with E-state index in [9.17, 15) is 0 Å². The summed E-state index contributed by atoms with van der Waals surface area (Å²) in [6.45, 7) is 4.98. The van der Waals surface area contributed by atoms with Crippen molar-refractivity contribution in [2.24, 2.45) is 0 Å². The monoisotopic (exact) mass is 294 g/mol. The summed E-state index contributed by atoms with van der Waals surface area (Å²) in [4.78, 5) is 4.56. The van der Waals surface area contributed by atoms with E-state index in [1.165, 1.54) is 25.7 Å². The third-order valence-corrected chi connectivity index (χ3v) is 5.36. The van der Waals surface area contributed by atoms with Crippen molar-refractivity contribution in [3.8, 4) is 5.75 Å². The molecule has 0 amide bonds. The predicted molar refractivity (Wildman–Crippen MR) is 86.7 cm³/mol. The van der Waals surface area contributed by atoms with Gasteiger partial charge in [-0.25, -0.2) is 0 Å². The van der Waals surface area contributed by atoms with Crippen LogP contribution in [0.25, 0.3) is 0 Å². The SMILES string of the molecule is COc1c(C)cnc(CNC2CCCC(SC)C2)c1C. The van der Waals surface area contributed by atoms with Gasteiger partial charge in [-0.05, 0) is 39.4 Å². The van der Waals surface area contributed by atoms with E-state index < -0.39 is 0 Å². The molecule has 1 aromatic rings. The molecule has 1 aliphatic carbocycles. The van der Waals surface area contributed by atoms with Gasteiger partial charge in [-0.15, -0.1) is 0 Å². The molecule has 2 atom stereocenters. The van der Waals surface area contributed by atoms with Crippen LogP contribution in [-0.2, 0) is 6.54 Å². The highest BCUT2D eigenvalue weighted by Gasteiger charge is 2.21. The number of hydrogen-bond donors (Lipinski definition) is 1.